The zero-order valence-electron chi connectivity index (χ0n) is 15.0. The number of rotatable bonds is 5. The fourth-order valence-corrected chi connectivity index (χ4v) is 3.68. The van der Waals surface area contributed by atoms with Crippen LogP contribution in [-0.2, 0) is 14.4 Å². The number of hydrogen-bond acceptors (Lipinski definition) is 4. The Morgan fingerprint density at radius 2 is 1.92 bits per heavy atom. The van der Waals surface area contributed by atoms with Crippen LogP contribution in [0.3, 0.4) is 0 Å². The van der Waals surface area contributed by atoms with Crippen molar-refractivity contribution < 1.29 is 19.1 Å². The van der Waals surface area contributed by atoms with Crippen LogP contribution in [0.2, 0.25) is 0 Å². The van der Waals surface area contributed by atoms with Crippen LogP contribution in [-0.4, -0.2) is 48.9 Å². The molecule has 7 nitrogen and oxygen atoms in total. The SMILES string of the molecule is CCOc1ccc(N2C[C@H](C(=O)N3CCC[C@H](C(N)=O)C3)CC2=O)cc1. The molecule has 1 aromatic carbocycles. The predicted octanol–water partition coefficient (Wildman–Crippen LogP) is 1.16. The van der Waals surface area contributed by atoms with E-state index in [0.717, 1.165) is 24.3 Å². The Bertz CT molecular complexity index is 689. The Hall–Kier alpha value is -2.57. The number of hydrogen-bond donors (Lipinski definition) is 1. The Kier molecular flexibility index (Phi) is 5.44. The van der Waals surface area contributed by atoms with Gasteiger partial charge in [0.15, 0.2) is 0 Å². The molecule has 0 saturated carbocycles. The lowest BCUT2D eigenvalue weighted by Gasteiger charge is -2.32. The van der Waals surface area contributed by atoms with E-state index in [1.54, 1.807) is 9.80 Å². The van der Waals surface area contributed by atoms with Crippen molar-refractivity contribution in [3.63, 3.8) is 0 Å². The van der Waals surface area contributed by atoms with Crippen LogP contribution in [0.15, 0.2) is 24.3 Å². The Morgan fingerprint density at radius 1 is 1.19 bits per heavy atom. The van der Waals surface area contributed by atoms with Gasteiger partial charge in [-0.05, 0) is 44.0 Å². The standard InChI is InChI=1S/C19H25N3O4/c1-2-26-16-7-5-15(6-8-16)22-12-14(10-17(22)23)19(25)21-9-3-4-13(11-21)18(20)24/h5-8,13-14H,2-4,9-12H2,1H3,(H2,20,24)/t13-,14+/m0/s1. The van der Waals surface area contributed by atoms with Crippen LogP contribution in [0.1, 0.15) is 26.2 Å². The number of ether oxygens (including phenoxy) is 1. The second kappa shape index (κ2) is 7.76. The minimum Gasteiger partial charge on any atom is -0.494 e. The average Bonchev–Trinajstić information content (AvgIpc) is 3.04. The summed E-state index contributed by atoms with van der Waals surface area (Å²) in [5.41, 5.74) is 6.15. The molecule has 0 unspecified atom stereocenters. The van der Waals surface area contributed by atoms with Crippen molar-refractivity contribution >= 4 is 23.4 Å². The quantitative estimate of drug-likeness (QED) is 0.854. The first-order valence-corrected chi connectivity index (χ1v) is 9.11. The molecule has 7 heteroatoms. The lowest BCUT2D eigenvalue weighted by Crippen LogP contribution is -2.46. The minimum absolute atomic E-state index is 0.0577. The first kappa shape index (κ1) is 18.2. The van der Waals surface area contributed by atoms with Gasteiger partial charge in [-0.2, -0.15) is 0 Å². The topological polar surface area (TPSA) is 92.9 Å². The molecule has 140 valence electrons. The van der Waals surface area contributed by atoms with Gasteiger partial charge in [0.05, 0.1) is 18.4 Å². The summed E-state index contributed by atoms with van der Waals surface area (Å²) in [7, 11) is 0. The van der Waals surface area contributed by atoms with Gasteiger partial charge in [-0.15, -0.1) is 0 Å². The van der Waals surface area contributed by atoms with Crippen LogP contribution in [0.25, 0.3) is 0 Å². The maximum atomic E-state index is 12.8. The number of benzene rings is 1. The highest BCUT2D eigenvalue weighted by molar-refractivity contribution is 6.00. The number of anilines is 1. The molecule has 0 aliphatic carbocycles. The highest BCUT2D eigenvalue weighted by atomic mass is 16.5. The summed E-state index contributed by atoms with van der Waals surface area (Å²) >= 11 is 0. The molecule has 2 aliphatic heterocycles. The number of carbonyl (C=O) groups excluding carboxylic acids is 3. The highest BCUT2D eigenvalue weighted by Crippen LogP contribution is 2.29. The van der Waals surface area contributed by atoms with Crippen molar-refractivity contribution in [1.29, 1.82) is 0 Å². The predicted molar refractivity (Wildman–Crippen MR) is 96.6 cm³/mol. The largest absolute Gasteiger partial charge is 0.494 e. The van der Waals surface area contributed by atoms with Crippen molar-refractivity contribution in [2.24, 2.45) is 17.6 Å². The van der Waals surface area contributed by atoms with E-state index >= 15 is 0 Å². The van der Waals surface area contributed by atoms with E-state index in [1.807, 2.05) is 31.2 Å². The third-order valence-electron chi connectivity index (χ3n) is 5.07. The normalized spacial score (nSPS) is 23.2. The molecule has 0 bridgehead atoms. The Labute approximate surface area is 153 Å². The van der Waals surface area contributed by atoms with Crippen LogP contribution in [0.5, 0.6) is 5.75 Å². The van der Waals surface area contributed by atoms with E-state index in [4.69, 9.17) is 10.5 Å². The number of nitrogens with zero attached hydrogens (tertiary/aromatic N) is 2. The van der Waals surface area contributed by atoms with Gasteiger partial charge >= 0.3 is 0 Å². The van der Waals surface area contributed by atoms with Gasteiger partial charge in [-0.3, -0.25) is 14.4 Å². The van der Waals surface area contributed by atoms with Crippen molar-refractivity contribution in [3.05, 3.63) is 24.3 Å². The van der Waals surface area contributed by atoms with Crippen LogP contribution < -0.4 is 15.4 Å². The smallest absolute Gasteiger partial charge is 0.228 e. The molecule has 0 radical (unpaired) electrons. The number of carbonyl (C=O) groups is 3. The molecular weight excluding hydrogens is 334 g/mol. The van der Waals surface area contributed by atoms with Gasteiger partial charge in [-0.1, -0.05) is 0 Å². The number of likely N-dealkylation sites (tertiary alicyclic amines) is 1. The van der Waals surface area contributed by atoms with Crippen molar-refractivity contribution in [3.8, 4) is 5.75 Å². The number of amides is 3. The fraction of sp³-hybridized carbons (Fsp3) is 0.526. The molecule has 0 aromatic heterocycles. The van der Waals surface area contributed by atoms with E-state index in [-0.39, 0.29) is 36.0 Å². The van der Waals surface area contributed by atoms with Crippen molar-refractivity contribution in [2.75, 3.05) is 31.1 Å². The second-order valence-electron chi connectivity index (χ2n) is 6.86. The molecule has 2 heterocycles. The number of primary amides is 1. The molecule has 2 aliphatic rings. The van der Waals surface area contributed by atoms with E-state index in [9.17, 15) is 14.4 Å². The molecule has 0 spiro atoms. The zero-order chi connectivity index (χ0) is 18.7. The first-order valence-electron chi connectivity index (χ1n) is 9.11. The molecule has 26 heavy (non-hydrogen) atoms. The molecule has 3 amide bonds. The minimum atomic E-state index is -0.374. The average molecular weight is 359 g/mol. The van der Waals surface area contributed by atoms with E-state index in [2.05, 4.69) is 0 Å². The third kappa shape index (κ3) is 3.81. The fourth-order valence-electron chi connectivity index (χ4n) is 3.68. The van der Waals surface area contributed by atoms with Gasteiger partial charge in [0.2, 0.25) is 17.7 Å². The van der Waals surface area contributed by atoms with Gasteiger partial charge in [-0.25, -0.2) is 0 Å². The Morgan fingerprint density at radius 3 is 2.58 bits per heavy atom. The number of nitrogens with two attached hydrogens (primary N) is 1. The lowest BCUT2D eigenvalue weighted by atomic mass is 9.96. The van der Waals surface area contributed by atoms with Gasteiger partial charge in [0, 0.05) is 31.7 Å². The summed E-state index contributed by atoms with van der Waals surface area (Å²) in [6.45, 7) is 3.85. The maximum absolute atomic E-state index is 12.8. The summed E-state index contributed by atoms with van der Waals surface area (Å²) in [6, 6.07) is 7.31. The van der Waals surface area contributed by atoms with Crippen molar-refractivity contribution in [1.82, 2.24) is 4.90 Å². The molecule has 2 atom stereocenters. The van der Waals surface area contributed by atoms with Crippen LogP contribution >= 0.6 is 0 Å². The van der Waals surface area contributed by atoms with Gasteiger partial charge in [0.25, 0.3) is 0 Å². The first-order chi connectivity index (χ1) is 12.5. The third-order valence-corrected chi connectivity index (χ3v) is 5.07. The molecule has 2 saturated heterocycles. The zero-order valence-corrected chi connectivity index (χ0v) is 15.0. The molecule has 1 aromatic rings. The molecule has 3 rings (SSSR count). The summed E-state index contributed by atoms with van der Waals surface area (Å²) in [6.07, 6.45) is 1.69. The van der Waals surface area contributed by atoms with E-state index in [0.29, 0.717) is 26.2 Å². The maximum Gasteiger partial charge on any atom is 0.228 e. The van der Waals surface area contributed by atoms with Crippen LogP contribution in [0, 0.1) is 11.8 Å². The lowest BCUT2D eigenvalue weighted by molar-refractivity contribution is -0.139. The number of piperidine rings is 1. The molecule has 2 fully saturated rings. The summed E-state index contributed by atoms with van der Waals surface area (Å²) in [5.74, 6) is -0.385. The Balaban J connectivity index is 1.65. The van der Waals surface area contributed by atoms with Crippen LogP contribution in [0.4, 0.5) is 5.69 Å². The van der Waals surface area contributed by atoms with E-state index in [1.165, 1.54) is 0 Å². The monoisotopic (exact) mass is 359 g/mol. The van der Waals surface area contributed by atoms with Crippen molar-refractivity contribution in [2.45, 2.75) is 26.2 Å². The molecule has 2 N–H and O–H groups in total. The van der Waals surface area contributed by atoms with E-state index < -0.39 is 0 Å². The summed E-state index contributed by atoms with van der Waals surface area (Å²) < 4.78 is 5.42. The molecular formula is C19H25N3O4. The summed E-state index contributed by atoms with van der Waals surface area (Å²) in [5, 5.41) is 0. The van der Waals surface area contributed by atoms with Gasteiger partial charge in [0.1, 0.15) is 5.75 Å². The van der Waals surface area contributed by atoms with Gasteiger partial charge < -0.3 is 20.3 Å². The summed E-state index contributed by atoms with van der Waals surface area (Å²) in [4.78, 5) is 40.0. The second-order valence-corrected chi connectivity index (χ2v) is 6.86. The highest BCUT2D eigenvalue weighted by Gasteiger charge is 2.38.